The number of alkyl halides is 1. The third-order valence-electron chi connectivity index (χ3n) is 4.14. The van der Waals surface area contributed by atoms with Gasteiger partial charge in [-0.2, -0.15) is 10.3 Å². The largest absolute Gasteiger partial charge is 0.290 e. The fraction of sp³-hybridized carbons (Fsp3) is 0.571. The van der Waals surface area contributed by atoms with E-state index in [2.05, 4.69) is 31.1 Å². The molecule has 1 aromatic heterocycles. The molecule has 0 saturated heterocycles. The van der Waals surface area contributed by atoms with E-state index in [1.165, 1.54) is 11.4 Å². The summed E-state index contributed by atoms with van der Waals surface area (Å²) in [6, 6.07) is 1.72. The highest BCUT2D eigenvalue weighted by atomic mass is 35.5. The molecule has 1 atom stereocenters. The van der Waals surface area contributed by atoms with Crippen LogP contribution in [0.2, 0.25) is 0 Å². The summed E-state index contributed by atoms with van der Waals surface area (Å²) in [4.78, 5) is 12.9. The maximum atomic E-state index is 13.7. The average molecular weight is 402 g/mol. The second kappa shape index (κ2) is 8.03. The molecular formula is C14H21ClN7OPS. The molecule has 0 aromatic carbocycles. The molecule has 2 aliphatic rings. The van der Waals surface area contributed by atoms with Crippen LogP contribution in [0, 0.1) is 0 Å². The highest BCUT2D eigenvalue weighted by Crippen LogP contribution is 2.73. The molecule has 1 aliphatic carbocycles. The number of rotatable bonds is 5. The standard InChI is InChI=1S/C14H21ClN7OPS/c1-11(10-15)19-21-13-18-14(6-3-2-4-7-14)24(23,25-13)22-20-12-16-8-5-9-17-12/h5,8-9H,2-4,6-7,10H2,1H3,(H,18,21)(H,22,23)(H,16,17,20)/b19-11+. The molecule has 0 bridgehead atoms. The first-order valence-corrected chi connectivity index (χ1v) is 11.8. The zero-order valence-corrected chi connectivity index (χ0v) is 16.4. The number of hydrazone groups is 1. The van der Waals surface area contributed by atoms with Crippen molar-refractivity contribution in [3.63, 3.8) is 0 Å². The lowest BCUT2D eigenvalue weighted by Gasteiger charge is -2.35. The summed E-state index contributed by atoms with van der Waals surface area (Å²) in [6.07, 6.45) is 7.97. The molecule has 0 amide bonds. The zero-order chi connectivity index (χ0) is 17.8. The minimum atomic E-state index is -2.96. The summed E-state index contributed by atoms with van der Waals surface area (Å²) >= 11 is 6.95. The number of hydrazine groups is 1. The first-order chi connectivity index (χ1) is 12.1. The SMILES string of the molecule is C/C(CCl)=N\NC1=NC2(CCCCC2)P(=O)(NNc2ncccn2)S1. The Balaban J connectivity index is 1.78. The topological polar surface area (TPSA) is 104 Å². The van der Waals surface area contributed by atoms with Gasteiger partial charge in [0.05, 0.1) is 5.88 Å². The predicted molar refractivity (Wildman–Crippen MR) is 104 cm³/mol. The van der Waals surface area contributed by atoms with E-state index in [0.717, 1.165) is 37.8 Å². The van der Waals surface area contributed by atoms with Crippen molar-refractivity contribution in [2.75, 3.05) is 11.3 Å². The summed E-state index contributed by atoms with van der Waals surface area (Å²) in [5.74, 6) is 0.709. The summed E-state index contributed by atoms with van der Waals surface area (Å²) in [5.41, 5.74) is 6.53. The fourth-order valence-corrected chi connectivity index (χ4v) is 7.75. The number of nitrogens with one attached hydrogen (secondary N) is 3. The molecule has 3 rings (SSSR count). The average Bonchev–Trinajstić information content (AvgIpc) is 2.91. The fourth-order valence-electron chi connectivity index (χ4n) is 2.84. The quantitative estimate of drug-likeness (QED) is 0.300. The van der Waals surface area contributed by atoms with Crippen molar-refractivity contribution < 1.29 is 4.57 Å². The van der Waals surface area contributed by atoms with Crippen molar-refractivity contribution in [1.82, 2.24) is 20.6 Å². The molecule has 8 nitrogen and oxygen atoms in total. The van der Waals surface area contributed by atoms with Crippen LogP contribution in [0.25, 0.3) is 0 Å². The van der Waals surface area contributed by atoms with E-state index in [1.54, 1.807) is 18.5 Å². The number of halogens is 1. The Bertz CT molecular complexity index is 708. The van der Waals surface area contributed by atoms with Crippen LogP contribution < -0.4 is 16.0 Å². The first kappa shape index (κ1) is 18.6. The van der Waals surface area contributed by atoms with Gasteiger partial charge in [0, 0.05) is 18.1 Å². The van der Waals surface area contributed by atoms with Crippen molar-refractivity contribution in [2.24, 2.45) is 10.1 Å². The summed E-state index contributed by atoms with van der Waals surface area (Å²) in [5, 5.41) is 7.09. The van der Waals surface area contributed by atoms with Gasteiger partial charge >= 0.3 is 0 Å². The summed E-state index contributed by atoms with van der Waals surface area (Å²) < 4.78 is 13.7. The van der Waals surface area contributed by atoms with E-state index in [9.17, 15) is 4.57 Å². The minimum absolute atomic E-state index is 0.332. The Morgan fingerprint density at radius 3 is 2.76 bits per heavy atom. The van der Waals surface area contributed by atoms with Gasteiger partial charge < -0.3 is 0 Å². The Morgan fingerprint density at radius 1 is 1.36 bits per heavy atom. The molecule has 1 saturated carbocycles. The maximum absolute atomic E-state index is 13.7. The number of hydrogen-bond acceptors (Lipinski definition) is 8. The number of anilines is 1. The zero-order valence-electron chi connectivity index (χ0n) is 13.9. The van der Waals surface area contributed by atoms with Crippen LogP contribution in [0.3, 0.4) is 0 Å². The minimum Gasteiger partial charge on any atom is -0.290 e. The molecule has 1 unspecified atom stereocenters. The van der Waals surface area contributed by atoms with E-state index < -0.39 is 11.8 Å². The predicted octanol–water partition coefficient (Wildman–Crippen LogP) is 3.55. The molecule has 1 fully saturated rings. The van der Waals surface area contributed by atoms with Crippen molar-refractivity contribution in [3.05, 3.63) is 18.5 Å². The smallest absolute Gasteiger partial charge is 0.251 e. The number of aromatic nitrogens is 2. The molecule has 1 aliphatic heterocycles. The molecule has 0 radical (unpaired) electrons. The van der Waals surface area contributed by atoms with Crippen LogP contribution in [-0.2, 0) is 4.57 Å². The number of amidine groups is 1. The molecule has 11 heteroatoms. The number of aliphatic imine (C=N–C) groups is 1. The van der Waals surface area contributed by atoms with Gasteiger partial charge in [0.25, 0.3) is 6.49 Å². The van der Waals surface area contributed by atoms with Crippen LogP contribution in [-0.4, -0.2) is 32.0 Å². The van der Waals surface area contributed by atoms with Crippen LogP contribution in [0.15, 0.2) is 28.6 Å². The van der Waals surface area contributed by atoms with Crippen molar-refractivity contribution in [1.29, 1.82) is 0 Å². The molecule has 25 heavy (non-hydrogen) atoms. The number of nitrogens with zero attached hydrogens (tertiary/aromatic N) is 4. The highest BCUT2D eigenvalue weighted by molar-refractivity contribution is 8.65. The van der Waals surface area contributed by atoms with Crippen molar-refractivity contribution in [2.45, 2.75) is 44.3 Å². The van der Waals surface area contributed by atoms with Gasteiger partial charge in [-0.05, 0) is 37.2 Å². The van der Waals surface area contributed by atoms with Crippen LogP contribution in [0.1, 0.15) is 39.0 Å². The molecule has 2 heterocycles. The van der Waals surface area contributed by atoms with Gasteiger partial charge in [-0.1, -0.05) is 19.3 Å². The lowest BCUT2D eigenvalue weighted by Crippen LogP contribution is -2.34. The molecule has 1 aromatic rings. The van der Waals surface area contributed by atoms with Crippen LogP contribution in [0.4, 0.5) is 5.95 Å². The van der Waals surface area contributed by atoms with E-state index in [-0.39, 0.29) is 0 Å². The Morgan fingerprint density at radius 2 is 2.08 bits per heavy atom. The second-order valence-corrected chi connectivity index (χ2v) is 11.1. The van der Waals surface area contributed by atoms with Gasteiger partial charge in [-0.25, -0.2) is 15.0 Å². The molecular weight excluding hydrogens is 381 g/mol. The van der Waals surface area contributed by atoms with Gasteiger partial charge in [0.15, 0.2) is 5.17 Å². The molecule has 1 spiro atoms. The monoisotopic (exact) mass is 401 g/mol. The Kier molecular flexibility index (Phi) is 5.99. The van der Waals surface area contributed by atoms with Gasteiger partial charge in [0.1, 0.15) is 5.28 Å². The second-order valence-electron chi connectivity index (χ2n) is 6.00. The lowest BCUT2D eigenvalue weighted by atomic mass is 9.95. The molecule has 136 valence electrons. The van der Waals surface area contributed by atoms with Gasteiger partial charge in [-0.3, -0.25) is 15.4 Å². The Hall–Kier alpha value is -1.15. The maximum Gasteiger partial charge on any atom is 0.251 e. The molecule has 3 N–H and O–H groups in total. The van der Waals surface area contributed by atoms with Crippen LogP contribution in [0.5, 0.6) is 0 Å². The van der Waals surface area contributed by atoms with Gasteiger partial charge in [0.2, 0.25) is 5.95 Å². The van der Waals surface area contributed by atoms with Crippen molar-refractivity contribution in [3.8, 4) is 0 Å². The van der Waals surface area contributed by atoms with Crippen LogP contribution >= 0.6 is 29.5 Å². The van der Waals surface area contributed by atoms with E-state index in [1.807, 2.05) is 6.92 Å². The third kappa shape index (κ3) is 4.16. The van der Waals surface area contributed by atoms with E-state index >= 15 is 0 Å². The first-order valence-electron chi connectivity index (χ1n) is 8.12. The van der Waals surface area contributed by atoms with Crippen molar-refractivity contribution >= 4 is 46.3 Å². The highest BCUT2D eigenvalue weighted by Gasteiger charge is 2.55. The van der Waals surface area contributed by atoms with E-state index in [0.29, 0.717) is 17.0 Å². The normalized spacial score (nSPS) is 25.7. The van der Waals surface area contributed by atoms with E-state index in [4.69, 9.17) is 16.6 Å². The number of hydrogen-bond donors (Lipinski definition) is 3. The Labute approximate surface area is 155 Å². The lowest BCUT2D eigenvalue weighted by molar-refractivity contribution is 0.386. The van der Waals surface area contributed by atoms with Gasteiger partial charge in [-0.15, -0.1) is 11.6 Å². The third-order valence-corrected chi connectivity index (χ3v) is 9.78. The summed E-state index contributed by atoms with van der Waals surface area (Å²) in [7, 11) is 0. The summed E-state index contributed by atoms with van der Waals surface area (Å²) in [6.45, 7) is -1.14.